The lowest BCUT2D eigenvalue weighted by atomic mass is 10.1. The number of amides is 3. The molecule has 1 aromatic carbocycles. The minimum absolute atomic E-state index is 0.402. The van der Waals surface area contributed by atoms with Crippen LogP contribution in [0.5, 0.6) is 5.75 Å². The molecule has 7 heteroatoms. The van der Waals surface area contributed by atoms with Crippen LogP contribution in [0.4, 0.5) is 10.5 Å². The van der Waals surface area contributed by atoms with E-state index in [1.807, 2.05) is 18.5 Å². The average Bonchev–Trinajstić information content (AvgIpc) is 2.40. The number of nitrogens with zero attached hydrogens (tertiary/aromatic N) is 1. The molecule has 2 rings (SSSR count). The number of carbonyl (C=O) groups is 2. The highest BCUT2D eigenvalue weighted by Crippen LogP contribution is 2.34. The summed E-state index contributed by atoms with van der Waals surface area (Å²) in [4.78, 5) is 24.8. The molecule has 0 saturated heterocycles. The second kappa shape index (κ2) is 5.25. The molecule has 1 unspecified atom stereocenters. The van der Waals surface area contributed by atoms with Gasteiger partial charge in [0, 0.05) is 6.54 Å². The Kier molecular flexibility index (Phi) is 3.68. The van der Waals surface area contributed by atoms with Crippen molar-refractivity contribution in [2.45, 2.75) is 19.6 Å². The van der Waals surface area contributed by atoms with Crippen molar-refractivity contribution >= 4 is 17.6 Å². The normalized spacial score (nSPS) is 17.7. The molecule has 7 nitrogen and oxygen atoms in total. The Morgan fingerprint density at radius 1 is 1.53 bits per heavy atom. The van der Waals surface area contributed by atoms with Crippen molar-refractivity contribution in [3.05, 3.63) is 23.8 Å². The SMILES string of the molecule is CNCc1ccc2c(c1)N(C(=O)NN)C(=O)C(C)O2. The fraction of sp³-hybridized carbons (Fsp3) is 0.333. The number of ether oxygens (including phenoxy) is 1. The lowest BCUT2D eigenvalue weighted by molar-refractivity contribution is -0.124. The summed E-state index contributed by atoms with van der Waals surface area (Å²) in [6.45, 7) is 2.21. The predicted octanol–water partition coefficient (Wildman–Crippen LogP) is 0.103. The largest absolute Gasteiger partial charge is 0.479 e. The summed E-state index contributed by atoms with van der Waals surface area (Å²) < 4.78 is 5.47. The molecule has 0 fully saturated rings. The van der Waals surface area contributed by atoms with E-state index in [1.54, 1.807) is 19.1 Å². The Balaban J connectivity index is 2.47. The third-order valence-electron chi connectivity index (χ3n) is 2.84. The van der Waals surface area contributed by atoms with Crippen LogP contribution in [-0.2, 0) is 11.3 Å². The van der Waals surface area contributed by atoms with Crippen LogP contribution in [0.3, 0.4) is 0 Å². The molecule has 1 aliphatic rings. The molecular weight excluding hydrogens is 248 g/mol. The second-order valence-corrected chi connectivity index (χ2v) is 4.22. The summed E-state index contributed by atoms with van der Waals surface area (Å²) in [5.41, 5.74) is 3.31. The molecule has 0 aliphatic carbocycles. The van der Waals surface area contributed by atoms with E-state index in [-0.39, 0.29) is 0 Å². The Bertz CT molecular complexity index is 518. The van der Waals surface area contributed by atoms with Crippen molar-refractivity contribution in [3.63, 3.8) is 0 Å². The molecule has 1 aliphatic heterocycles. The van der Waals surface area contributed by atoms with E-state index in [4.69, 9.17) is 10.6 Å². The van der Waals surface area contributed by atoms with Crippen LogP contribution >= 0.6 is 0 Å². The van der Waals surface area contributed by atoms with Gasteiger partial charge in [0.15, 0.2) is 6.10 Å². The van der Waals surface area contributed by atoms with Crippen LogP contribution in [0.2, 0.25) is 0 Å². The highest BCUT2D eigenvalue weighted by Gasteiger charge is 2.35. The number of nitrogens with two attached hydrogens (primary N) is 1. The van der Waals surface area contributed by atoms with Crippen LogP contribution < -0.4 is 26.2 Å². The van der Waals surface area contributed by atoms with Crippen molar-refractivity contribution in [1.82, 2.24) is 10.7 Å². The third-order valence-corrected chi connectivity index (χ3v) is 2.84. The molecule has 0 spiro atoms. The summed E-state index contributed by atoms with van der Waals surface area (Å²) in [5, 5.41) is 3.00. The minimum atomic E-state index is -0.722. The van der Waals surface area contributed by atoms with E-state index in [9.17, 15) is 9.59 Å². The number of fused-ring (bicyclic) bond motifs is 1. The Hall–Kier alpha value is -2.12. The van der Waals surface area contributed by atoms with E-state index < -0.39 is 18.0 Å². The first-order valence-electron chi connectivity index (χ1n) is 5.87. The number of anilines is 1. The number of benzene rings is 1. The molecule has 0 aromatic heterocycles. The van der Waals surface area contributed by atoms with Crippen molar-refractivity contribution in [2.75, 3.05) is 11.9 Å². The molecule has 0 bridgehead atoms. The van der Waals surface area contributed by atoms with Gasteiger partial charge in [-0.3, -0.25) is 10.2 Å². The van der Waals surface area contributed by atoms with E-state index in [0.29, 0.717) is 18.0 Å². The molecule has 1 atom stereocenters. The fourth-order valence-electron chi connectivity index (χ4n) is 1.97. The standard InChI is InChI=1S/C12H16N4O3/c1-7-11(17)16(12(18)15-13)9-5-8(6-14-2)3-4-10(9)19-7/h3-5,7,14H,6,13H2,1-2H3,(H,15,18). The molecule has 102 valence electrons. The lowest BCUT2D eigenvalue weighted by Crippen LogP contribution is -2.53. The van der Waals surface area contributed by atoms with Gasteiger partial charge in [0.1, 0.15) is 5.75 Å². The summed E-state index contributed by atoms with van der Waals surface area (Å²) in [5.74, 6) is 5.15. The monoisotopic (exact) mass is 264 g/mol. The van der Waals surface area contributed by atoms with Gasteiger partial charge >= 0.3 is 6.03 Å². The maximum atomic E-state index is 12.0. The van der Waals surface area contributed by atoms with Crippen LogP contribution in [0.1, 0.15) is 12.5 Å². The van der Waals surface area contributed by atoms with Gasteiger partial charge < -0.3 is 10.1 Å². The highest BCUT2D eigenvalue weighted by molar-refractivity contribution is 6.17. The maximum absolute atomic E-state index is 12.0. The van der Waals surface area contributed by atoms with E-state index in [0.717, 1.165) is 10.5 Å². The van der Waals surface area contributed by atoms with E-state index >= 15 is 0 Å². The van der Waals surface area contributed by atoms with Gasteiger partial charge in [0.05, 0.1) is 5.69 Å². The van der Waals surface area contributed by atoms with Gasteiger partial charge in [-0.25, -0.2) is 15.5 Å². The first-order chi connectivity index (χ1) is 9.08. The van der Waals surface area contributed by atoms with Crippen LogP contribution in [0.15, 0.2) is 18.2 Å². The smallest absolute Gasteiger partial charge is 0.343 e. The Morgan fingerprint density at radius 2 is 2.26 bits per heavy atom. The minimum Gasteiger partial charge on any atom is -0.479 e. The summed E-state index contributed by atoms with van der Waals surface area (Å²) in [6, 6.07) is 4.66. The van der Waals surface area contributed by atoms with Gasteiger partial charge in [-0.15, -0.1) is 0 Å². The fourth-order valence-corrected chi connectivity index (χ4v) is 1.97. The van der Waals surface area contributed by atoms with Crippen LogP contribution in [0.25, 0.3) is 0 Å². The molecule has 1 heterocycles. The van der Waals surface area contributed by atoms with E-state index in [1.165, 1.54) is 0 Å². The number of carbonyl (C=O) groups excluding carboxylic acids is 2. The molecule has 0 saturated carbocycles. The summed E-state index contributed by atoms with van der Waals surface area (Å²) >= 11 is 0. The first kappa shape index (κ1) is 13.3. The van der Waals surface area contributed by atoms with Crippen molar-refractivity contribution in [3.8, 4) is 5.75 Å². The molecule has 0 radical (unpaired) electrons. The van der Waals surface area contributed by atoms with Gasteiger partial charge in [-0.2, -0.15) is 0 Å². The zero-order valence-electron chi connectivity index (χ0n) is 10.8. The topological polar surface area (TPSA) is 96.7 Å². The lowest BCUT2D eigenvalue weighted by Gasteiger charge is -2.31. The zero-order chi connectivity index (χ0) is 14.0. The predicted molar refractivity (Wildman–Crippen MR) is 69.5 cm³/mol. The van der Waals surface area contributed by atoms with Crippen LogP contribution in [0, 0.1) is 0 Å². The Labute approximate surface area is 110 Å². The quantitative estimate of drug-likeness (QED) is 0.400. The number of urea groups is 1. The van der Waals surface area contributed by atoms with Gasteiger partial charge in [-0.1, -0.05) is 6.07 Å². The molecular formula is C12H16N4O3. The zero-order valence-corrected chi connectivity index (χ0v) is 10.8. The second-order valence-electron chi connectivity index (χ2n) is 4.22. The molecule has 19 heavy (non-hydrogen) atoms. The number of nitrogens with one attached hydrogen (secondary N) is 2. The van der Waals surface area contributed by atoms with Crippen molar-refractivity contribution in [1.29, 1.82) is 0 Å². The number of rotatable bonds is 2. The number of imide groups is 1. The Morgan fingerprint density at radius 3 is 2.89 bits per heavy atom. The summed E-state index contributed by atoms with van der Waals surface area (Å²) in [7, 11) is 1.81. The molecule has 4 N–H and O–H groups in total. The molecule has 3 amide bonds. The van der Waals surface area contributed by atoms with Gasteiger partial charge in [-0.05, 0) is 31.7 Å². The van der Waals surface area contributed by atoms with E-state index in [2.05, 4.69) is 5.32 Å². The number of hydrogen-bond acceptors (Lipinski definition) is 5. The third kappa shape index (κ3) is 2.38. The first-order valence-corrected chi connectivity index (χ1v) is 5.87. The summed E-state index contributed by atoms with van der Waals surface area (Å²) in [6.07, 6.45) is -0.722. The van der Waals surface area contributed by atoms with Gasteiger partial charge in [0.2, 0.25) is 0 Å². The number of hydrogen-bond donors (Lipinski definition) is 3. The highest BCUT2D eigenvalue weighted by atomic mass is 16.5. The number of hydrazine groups is 1. The molecule has 1 aromatic rings. The van der Waals surface area contributed by atoms with Gasteiger partial charge in [0.25, 0.3) is 5.91 Å². The van der Waals surface area contributed by atoms with Crippen molar-refractivity contribution in [2.24, 2.45) is 5.84 Å². The maximum Gasteiger partial charge on any atom is 0.343 e. The average molecular weight is 264 g/mol. The van der Waals surface area contributed by atoms with Crippen LogP contribution in [-0.4, -0.2) is 25.1 Å². The van der Waals surface area contributed by atoms with Crippen molar-refractivity contribution < 1.29 is 14.3 Å².